The van der Waals surface area contributed by atoms with Crippen molar-refractivity contribution < 1.29 is 36.2 Å². The molecule has 6 rings (SSSR count). The number of fused-ring (bicyclic) bond motifs is 2. The van der Waals surface area contributed by atoms with Crippen LogP contribution in [0.5, 0.6) is 11.5 Å². The van der Waals surface area contributed by atoms with Gasteiger partial charge in [0, 0.05) is 38.8 Å². The summed E-state index contributed by atoms with van der Waals surface area (Å²) in [5.74, 6) is 0.788. The zero-order valence-electron chi connectivity index (χ0n) is 23.6. The molecule has 0 saturated carbocycles. The number of aromatic nitrogens is 1. The molecule has 7 nitrogen and oxygen atoms in total. The summed E-state index contributed by atoms with van der Waals surface area (Å²) in [6.07, 6.45) is -3.02. The fourth-order valence-electron chi connectivity index (χ4n) is 4.99. The summed E-state index contributed by atoms with van der Waals surface area (Å²) in [6.45, 7) is 1.54. The van der Waals surface area contributed by atoms with E-state index in [4.69, 9.17) is 21.1 Å². The van der Waals surface area contributed by atoms with E-state index >= 15 is 0 Å². The third kappa shape index (κ3) is 6.12. The van der Waals surface area contributed by atoms with Crippen molar-refractivity contribution in [2.24, 2.45) is 0 Å². The van der Waals surface area contributed by atoms with Crippen LogP contribution >= 0.6 is 22.9 Å². The molecule has 3 aromatic carbocycles. The number of rotatable bonds is 7. The number of halogens is 4. The average Bonchev–Trinajstić information content (AvgIpc) is 3.30. The van der Waals surface area contributed by atoms with Crippen LogP contribution in [-0.4, -0.2) is 37.9 Å². The second kappa shape index (κ2) is 11.9. The van der Waals surface area contributed by atoms with Crippen molar-refractivity contribution in [1.82, 2.24) is 9.71 Å². The van der Waals surface area contributed by atoms with E-state index in [1.807, 2.05) is 12.1 Å². The molecule has 0 amide bonds. The van der Waals surface area contributed by atoms with Crippen LogP contribution in [-0.2, 0) is 15.6 Å². The predicted molar refractivity (Wildman–Crippen MR) is 166 cm³/mol. The maximum absolute atomic E-state index is 13.8. The maximum atomic E-state index is 13.8. The number of nitrogens with one attached hydrogen (secondary N) is 1. The smallest absolute Gasteiger partial charge is 0.421 e. The van der Waals surface area contributed by atoms with Crippen molar-refractivity contribution >= 4 is 43.0 Å². The monoisotopic (exact) mass is 674 g/mol. The third-order valence-electron chi connectivity index (χ3n) is 7.52. The number of ether oxygens (including phenoxy) is 2. The van der Waals surface area contributed by atoms with Gasteiger partial charge in [-0.05, 0) is 59.8 Å². The number of sulfonamides is 1. The van der Waals surface area contributed by atoms with Crippen molar-refractivity contribution in [1.29, 1.82) is 0 Å². The molecular formula is C32H26ClF3N2O5S2. The summed E-state index contributed by atoms with van der Waals surface area (Å²) in [7, 11) is -4.14. The van der Waals surface area contributed by atoms with E-state index in [9.17, 15) is 26.7 Å². The second-order valence-corrected chi connectivity index (χ2v) is 13.8. The Hall–Kier alpha value is -3.68. The minimum atomic E-state index is -4.90. The van der Waals surface area contributed by atoms with Crippen LogP contribution in [0, 0.1) is 0 Å². The first-order chi connectivity index (χ1) is 21.3. The van der Waals surface area contributed by atoms with E-state index in [1.165, 1.54) is 35.7 Å². The van der Waals surface area contributed by atoms with Gasteiger partial charge >= 0.3 is 6.18 Å². The number of pyridine rings is 1. The highest BCUT2D eigenvalue weighted by Crippen LogP contribution is 2.43. The minimum absolute atomic E-state index is 0.0247. The van der Waals surface area contributed by atoms with Crippen molar-refractivity contribution in [3.8, 4) is 22.8 Å². The number of alkyl halides is 3. The Kier molecular flexibility index (Phi) is 8.29. The fraction of sp³-hybridized carbons (Fsp3) is 0.219. The van der Waals surface area contributed by atoms with Gasteiger partial charge in [0.1, 0.15) is 0 Å². The van der Waals surface area contributed by atoms with Crippen LogP contribution in [0.25, 0.3) is 21.3 Å². The van der Waals surface area contributed by atoms with Gasteiger partial charge in [0.05, 0.1) is 29.8 Å². The highest BCUT2D eigenvalue weighted by atomic mass is 35.5. The lowest BCUT2D eigenvalue weighted by atomic mass is 9.94. The molecule has 234 valence electrons. The second-order valence-electron chi connectivity index (χ2n) is 10.6. The first-order valence-corrected chi connectivity index (χ1v) is 16.5. The van der Waals surface area contributed by atoms with E-state index in [0.29, 0.717) is 69.2 Å². The highest BCUT2D eigenvalue weighted by Gasteiger charge is 2.51. The molecule has 2 atom stereocenters. The standard InChI is InChI=1S/C32H26ClF3N2O5S2/c1-31(39,32(34,35)36)20-12-13-37-25(17-20)23-8-4-6-19-16-28(44-30(19)23)29(22-7-2-3-9-24(22)33)38-45(40,41)21-10-11-26-27(18-21)43-15-5-14-42-26/h2-4,6-13,16-18,29,38-39H,5,14-15H2,1H3/t29?,31-/m1/s1. The van der Waals surface area contributed by atoms with Gasteiger partial charge in [-0.15, -0.1) is 11.3 Å². The summed E-state index contributed by atoms with van der Waals surface area (Å²) in [5, 5.41) is 11.3. The van der Waals surface area contributed by atoms with Gasteiger partial charge in [0.15, 0.2) is 17.1 Å². The third-order valence-corrected chi connectivity index (χ3v) is 10.5. The maximum Gasteiger partial charge on any atom is 0.421 e. The van der Waals surface area contributed by atoms with Crippen LogP contribution in [0.3, 0.4) is 0 Å². The Balaban J connectivity index is 1.43. The number of hydrogen-bond donors (Lipinski definition) is 2. The molecule has 3 heterocycles. The lowest BCUT2D eigenvalue weighted by Crippen LogP contribution is -2.39. The summed E-state index contributed by atoms with van der Waals surface area (Å²) in [6, 6.07) is 19.8. The Bertz CT molecular complexity index is 2000. The Morgan fingerprint density at radius 3 is 2.49 bits per heavy atom. The SMILES string of the molecule is C[C@@](O)(c1ccnc(-c2cccc3cc(C(NS(=O)(=O)c4ccc5c(c4)OCCCO5)c4ccccc4Cl)sc23)c1)C(F)(F)F. The first-order valence-electron chi connectivity index (χ1n) is 13.8. The summed E-state index contributed by atoms with van der Waals surface area (Å²) < 4.78 is 83.2. The Morgan fingerprint density at radius 2 is 1.73 bits per heavy atom. The molecule has 0 bridgehead atoms. The van der Waals surface area contributed by atoms with Crippen LogP contribution in [0.15, 0.2) is 90.0 Å². The van der Waals surface area contributed by atoms with E-state index in [0.717, 1.165) is 6.07 Å². The normalized spacial score (nSPS) is 15.8. The average molecular weight is 675 g/mol. The number of thiophene rings is 1. The summed E-state index contributed by atoms with van der Waals surface area (Å²) in [5.41, 5.74) is -2.19. The number of benzene rings is 3. The minimum Gasteiger partial charge on any atom is -0.490 e. The van der Waals surface area contributed by atoms with Crippen LogP contribution in [0.1, 0.15) is 35.4 Å². The van der Waals surface area contributed by atoms with Gasteiger partial charge in [-0.1, -0.05) is 48.0 Å². The molecule has 0 radical (unpaired) electrons. The molecule has 2 N–H and O–H groups in total. The molecule has 45 heavy (non-hydrogen) atoms. The zero-order valence-corrected chi connectivity index (χ0v) is 26.0. The van der Waals surface area contributed by atoms with Gasteiger partial charge in [0.25, 0.3) is 0 Å². The molecule has 1 unspecified atom stereocenters. The molecule has 0 fully saturated rings. The molecule has 0 aliphatic carbocycles. The van der Waals surface area contributed by atoms with Crippen molar-refractivity contribution in [3.05, 3.63) is 106 Å². The van der Waals surface area contributed by atoms with E-state index < -0.39 is 27.8 Å². The first kappa shape index (κ1) is 31.3. The Morgan fingerprint density at radius 1 is 0.978 bits per heavy atom. The van der Waals surface area contributed by atoms with Gasteiger partial charge < -0.3 is 14.6 Å². The number of hydrogen-bond acceptors (Lipinski definition) is 7. The van der Waals surface area contributed by atoms with Gasteiger partial charge in [-0.2, -0.15) is 17.9 Å². The van der Waals surface area contributed by atoms with Gasteiger partial charge in [-0.25, -0.2) is 8.42 Å². The fourth-order valence-corrected chi connectivity index (χ4v) is 7.77. The van der Waals surface area contributed by atoms with Crippen LogP contribution in [0.4, 0.5) is 13.2 Å². The number of aliphatic hydroxyl groups is 1. The summed E-state index contributed by atoms with van der Waals surface area (Å²) >= 11 is 7.84. The molecule has 0 spiro atoms. The van der Waals surface area contributed by atoms with Crippen molar-refractivity contribution in [3.63, 3.8) is 0 Å². The molecule has 1 aliphatic heterocycles. The van der Waals surface area contributed by atoms with E-state index in [2.05, 4.69) is 9.71 Å². The molecular weight excluding hydrogens is 649 g/mol. The van der Waals surface area contributed by atoms with Crippen molar-refractivity contribution in [2.75, 3.05) is 13.2 Å². The quantitative estimate of drug-likeness (QED) is 0.184. The molecule has 2 aromatic heterocycles. The Labute approximate surface area is 266 Å². The summed E-state index contributed by atoms with van der Waals surface area (Å²) in [4.78, 5) is 4.86. The number of nitrogens with zero attached hydrogens (tertiary/aromatic N) is 1. The van der Waals surface area contributed by atoms with E-state index in [-0.39, 0.29) is 16.2 Å². The lowest BCUT2D eigenvalue weighted by molar-refractivity contribution is -0.258. The van der Waals surface area contributed by atoms with Crippen LogP contribution < -0.4 is 14.2 Å². The predicted octanol–water partition coefficient (Wildman–Crippen LogP) is 7.62. The van der Waals surface area contributed by atoms with Gasteiger partial charge in [0.2, 0.25) is 10.0 Å². The van der Waals surface area contributed by atoms with Crippen molar-refractivity contribution in [2.45, 2.75) is 36.1 Å². The van der Waals surface area contributed by atoms with E-state index in [1.54, 1.807) is 42.5 Å². The van der Waals surface area contributed by atoms with Gasteiger partial charge in [-0.3, -0.25) is 4.98 Å². The molecule has 5 aromatic rings. The largest absolute Gasteiger partial charge is 0.490 e. The highest BCUT2D eigenvalue weighted by molar-refractivity contribution is 7.89. The molecule has 1 aliphatic rings. The topological polar surface area (TPSA) is 97.8 Å². The molecule has 0 saturated heterocycles. The zero-order chi connectivity index (χ0) is 32.0. The van der Waals surface area contributed by atoms with Crippen LogP contribution in [0.2, 0.25) is 5.02 Å². The lowest BCUT2D eigenvalue weighted by Gasteiger charge is -2.26. The molecule has 13 heteroatoms.